The molecule has 168 valence electrons. The number of nitrogens with one attached hydrogen (secondary N) is 1. The summed E-state index contributed by atoms with van der Waals surface area (Å²) in [4.78, 5) is 23.1. The minimum Gasteiger partial charge on any atom is -0.497 e. The van der Waals surface area contributed by atoms with Gasteiger partial charge in [0.2, 0.25) is 0 Å². The average molecular weight is 515 g/mol. The van der Waals surface area contributed by atoms with Crippen molar-refractivity contribution < 1.29 is 32.4 Å². The number of nitro benzene ring substituents is 1. The molecule has 0 radical (unpaired) electrons. The molecule has 3 rings (SSSR count). The second kappa shape index (κ2) is 8.86. The quantitative estimate of drug-likeness (QED) is 0.359. The van der Waals surface area contributed by atoms with Gasteiger partial charge in [-0.1, -0.05) is 0 Å². The van der Waals surface area contributed by atoms with E-state index in [0.29, 0.717) is 16.2 Å². The number of methoxy groups -OCH3 is 1. The number of carbonyl (C=O) groups is 1. The van der Waals surface area contributed by atoms with Crippen molar-refractivity contribution >= 4 is 33.2 Å². The van der Waals surface area contributed by atoms with Crippen molar-refractivity contribution in [1.82, 2.24) is 9.78 Å². The molecule has 1 N–H and O–H groups in total. The van der Waals surface area contributed by atoms with Crippen molar-refractivity contribution in [3.05, 3.63) is 68.4 Å². The highest BCUT2D eigenvalue weighted by atomic mass is 79.9. The van der Waals surface area contributed by atoms with E-state index in [0.717, 1.165) is 19.2 Å². The Labute approximate surface area is 187 Å². The smallest absolute Gasteiger partial charge is 0.434 e. The van der Waals surface area contributed by atoms with E-state index in [1.54, 1.807) is 24.3 Å². The van der Waals surface area contributed by atoms with Crippen LogP contribution in [-0.2, 0) is 13.2 Å². The number of alkyl halides is 3. The number of anilines is 1. The summed E-state index contributed by atoms with van der Waals surface area (Å²) >= 11 is 2.75. The lowest BCUT2D eigenvalue weighted by Crippen LogP contribution is -2.14. The van der Waals surface area contributed by atoms with Crippen molar-refractivity contribution in [3.63, 3.8) is 0 Å². The normalized spacial score (nSPS) is 11.2. The van der Waals surface area contributed by atoms with Gasteiger partial charge in [0.25, 0.3) is 11.6 Å². The highest BCUT2D eigenvalue weighted by molar-refractivity contribution is 9.10. The number of hydrogen-bond donors (Lipinski definition) is 1. The maximum Gasteiger partial charge on any atom is 0.434 e. The van der Waals surface area contributed by atoms with Crippen LogP contribution < -0.4 is 14.8 Å². The Morgan fingerprint density at radius 1 is 1.16 bits per heavy atom. The van der Waals surface area contributed by atoms with Crippen molar-refractivity contribution in [3.8, 4) is 17.2 Å². The lowest BCUT2D eigenvalue weighted by atomic mass is 10.2. The Balaban J connectivity index is 1.90. The van der Waals surface area contributed by atoms with Crippen LogP contribution in [0.15, 0.2) is 46.9 Å². The first kappa shape index (κ1) is 23.1. The number of ether oxygens (including phenoxy) is 2. The molecule has 9 nitrogen and oxygen atoms in total. The van der Waals surface area contributed by atoms with Crippen LogP contribution in [0.1, 0.15) is 16.2 Å². The number of nitrogens with zero attached hydrogens (tertiary/aromatic N) is 3. The number of rotatable bonds is 6. The molecule has 0 bridgehead atoms. The molecule has 0 saturated carbocycles. The number of halogens is 4. The first-order valence-electron chi connectivity index (χ1n) is 8.72. The number of aryl methyl sites for hydroxylation is 1. The van der Waals surface area contributed by atoms with Gasteiger partial charge in [0.05, 0.1) is 28.3 Å². The molecule has 0 unspecified atom stereocenters. The molecule has 0 spiro atoms. The van der Waals surface area contributed by atoms with Crippen LogP contribution in [-0.4, -0.2) is 27.7 Å². The lowest BCUT2D eigenvalue weighted by molar-refractivity contribution is -0.384. The SMILES string of the molecule is COc1ccc(Oc2cc(NC(=O)c3nn(C)c(C(F)(F)F)c3Br)cc([N+](=O)[O-])c2)cc1. The summed E-state index contributed by atoms with van der Waals surface area (Å²) in [5, 5.41) is 17.2. The Morgan fingerprint density at radius 2 is 1.78 bits per heavy atom. The molecule has 0 aliphatic carbocycles. The monoisotopic (exact) mass is 514 g/mol. The zero-order valence-corrected chi connectivity index (χ0v) is 18.0. The minimum absolute atomic E-state index is 0.0238. The first-order chi connectivity index (χ1) is 15.0. The molecule has 0 fully saturated rings. The van der Waals surface area contributed by atoms with Gasteiger partial charge in [-0.05, 0) is 40.2 Å². The second-order valence-corrected chi connectivity index (χ2v) is 7.13. The number of nitro groups is 1. The summed E-state index contributed by atoms with van der Waals surface area (Å²) in [6, 6.07) is 9.84. The highest BCUT2D eigenvalue weighted by Gasteiger charge is 2.39. The molecular formula is C19H14BrF3N4O5. The number of non-ortho nitro benzene ring substituents is 1. The van der Waals surface area contributed by atoms with Crippen molar-refractivity contribution in [2.75, 3.05) is 12.4 Å². The van der Waals surface area contributed by atoms with Crippen LogP contribution in [0.25, 0.3) is 0 Å². The van der Waals surface area contributed by atoms with Crippen LogP contribution in [0.5, 0.6) is 17.2 Å². The number of carbonyl (C=O) groups excluding carboxylic acids is 1. The summed E-state index contributed by atoms with van der Waals surface area (Å²) in [5.41, 5.74) is -2.16. The summed E-state index contributed by atoms with van der Waals surface area (Å²) in [7, 11) is 2.53. The predicted octanol–water partition coefficient (Wildman–Crippen LogP) is 5.16. The van der Waals surface area contributed by atoms with E-state index in [4.69, 9.17) is 9.47 Å². The number of amides is 1. The van der Waals surface area contributed by atoms with Gasteiger partial charge in [0.1, 0.15) is 17.2 Å². The molecule has 1 aromatic heterocycles. The van der Waals surface area contributed by atoms with Crippen LogP contribution >= 0.6 is 15.9 Å². The molecular weight excluding hydrogens is 501 g/mol. The van der Waals surface area contributed by atoms with E-state index < -0.39 is 38.6 Å². The molecule has 0 atom stereocenters. The average Bonchev–Trinajstić information content (AvgIpc) is 3.02. The standard InChI is InChI=1S/C19H14BrF3N4O5/c1-26-17(19(21,22)23)15(20)16(25-26)18(28)24-10-7-11(27(29)30)9-14(8-10)32-13-5-3-12(31-2)4-6-13/h3-9H,1-2H3,(H,24,28). The summed E-state index contributed by atoms with van der Waals surface area (Å²) < 4.78 is 50.0. The van der Waals surface area contributed by atoms with Gasteiger partial charge in [0.15, 0.2) is 11.4 Å². The molecule has 0 aliphatic rings. The third kappa shape index (κ3) is 4.99. The Kier molecular flexibility index (Phi) is 6.39. The largest absolute Gasteiger partial charge is 0.497 e. The topological polar surface area (TPSA) is 109 Å². The van der Waals surface area contributed by atoms with Gasteiger partial charge in [-0.3, -0.25) is 19.6 Å². The molecule has 32 heavy (non-hydrogen) atoms. The fraction of sp³-hybridized carbons (Fsp3) is 0.158. The zero-order chi connectivity index (χ0) is 23.6. The number of benzene rings is 2. The van der Waals surface area contributed by atoms with Gasteiger partial charge < -0.3 is 14.8 Å². The zero-order valence-electron chi connectivity index (χ0n) is 16.4. The summed E-state index contributed by atoms with van der Waals surface area (Å²) in [6.07, 6.45) is -4.75. The molecule has 3 aromatic rings. The maximum atomic E-state index is 13.1. The predicted molar refractivity (Wildman–Crippen MR) is 110 cm³/mol. The van der Waals surface area contributed by atoms with Gasteiger partial charge in [0, 0.05) is 19.2 Å². The summed E-state index contributed by atoms with van der Waals surface area (Å²) in [6.45, 7) is 0. The molecule has 0 aliphatic heterocycles. The summed E-state index contributed by atoms with van der Waals surface area (Å²) in [5.74, 6) is -0.0658. The number of hydrogen-bond acceptors (Lipinski definition) is 6. The second-order valence-electron chi connectivity index (χ2n) is 6.34. The first-order valence-corrected chi connectivity index (χ1v) is 9.51. The van der Waals surface area contributed by atoms with E-state index in [1.807, 2.05) is 0 Å². The van der Waals surface area contributed by atoms with E-state index in [1.165, 1.54) is 13.2 Å². The van der Waals surface area contributed by atoms with Gasteiger partial charge in [-0.25, -0.2) is 0 Å². The lowest BCUT2D eigenvalue weighted by Gasteiger charge is -2.10. The number of aromatic nitrogens is 2. The fourth-order valence-corrected chi connectivity index (χ4v) is 3.48. The Hall–Kier alpha value is -3.61. The fourth-order valence-electron chi connectivity index (χ4n) is 2.74. The van der Waals surface area contributed by atoms with E-state index >= 15 is 0 Å². The molecule has 0 saturated heterocycles. The van der Waals surface area contributed by atoms with Crippen LogP contribution in [0.3, 0.4) is 0 Å². The van der Waals surface area contributed by atoms with E-state index in [9.17, 15) is 28.1 Å². The van der Waals surface area contributed by atoms with Gasteiger partial charge in [-0.2, -0.15) is 18.3 Å². The van der Waals surface area contributed by atoms with Crippen molar-refractivity contribution in [2.24, 2.45) is 7.05 Å². The molecule has 13 heteroatoms. The molecule has 2 aromatic carbocycles. The van der Waals surface area contributed by atoms with E-state index in [-0.39, 0.29) is 11.4 Å². The van der Waals surface area contributed by atoms with Gasteiger partial charge in [-0.15, -0.1) is 0 Å². The molecule has 1 heterocycles. The van der Waals surface area contributed by atoms with Crippen LogP contribution in [0.2, 0.25) is 0 Å². The Morgan fingerprint density at radius 3 is 2.31 bits per heavy atom. The van der Waals surface area contributed by atoms with Crippen LogP contribution in [0.4, 0.5) is 24.5 Å². The maximum absolute atomic E-state index is 13.1. The third-order valence-corrected chi connectivity index (χ3v) is 4.88. The van der Waals surface area contributed by atoms with Gasteiger partial charge >= 0.3 is 6.18 Å². The van der Waals surface area contributed by atoms with Crippen LogP contribution in [0, 0.1) is 10.1 Å². The van der Waals surface area contributed by atoms with E-state index in [2.05, 4.69) is 26.3 Å². The minimum atomic E-state index is -4.75. The van der Waals surface area contributed by atoms with Crippen molar-refractivity contribution in [1.29, 1.82) is 0 Å². The third-order valence-electron chi connectivity index (χ3n) is 4.13. The molecule has 1 amide bonds. The Bertz CT molecular complexity index is 1180. The highest BCUT2D eigenvalue weighted by Crippen LogP contribution is 2.37. The van der Waals surface area contributed by atoms with Crippen molar-refractivity contribution in [2.45, 2.75) is 6.18 Å².